The summed E-state index contributed by atoms with van der Waals surface area (Å²) >= 11 is 0. The molecular formula is C7H19InN. The molecule has 0 atom stereocenters. The molecule has 9 heavy (non-hydrogen) atoms. The van der Waals surface area contributed by atoms with E-state index in [9.17, 15) is 0 Å². The van der Waals surface area contributed by atoms with E-state index in [2.05, 4.69) is 39.8 Å². The average molecular weight is 232 g/mol. The van der Waals surface area contributed by atoms with Crippen LogP contribution in [0.25, 0.3) is 0 Å². The summed E-state index contributed by atoms with van der Waals surface area (Å²) in [5.41, 5.74) is 0.264. The molecule has 0 aromatic rings. The fourth-order valence-corrected chi connectivity index (χ4v) is 0.224. The van der Waals surface area contributed by atoms with Crippen LogP contribution in [0.5, 0.6) is 0 Å². The first kappa shape index (κ1) is 12.5. The van der Waals surface area contributed by atoms with Crippen LogP contribution in [-0.4, -0.2) is 50.4 Å². The van der Waals surface area contributed by atoms with Crippen molar-refractivity contribution in [1.29, 1.82) is 0 Å². The molecule has 0 saturated heterocycles. The first-order chi connectivity index (χ1) is 3.50. The summed E-state index contributed by atoms with van der Waals surface area (Å²) in [7, 11) is 4.15. The standard InChI is InChI=1S/C7H16N.In.3H/c1-6-7(2,3)8(4)5;;;;/h1,6H2,2-5H3;;;;. The van der Waals surface area contributed by atoms with E-state index in [0.29, 0.717) is 0 Å². The Morgan fingerprint density at radius 3 is 1.67 bits per heavy atom. The quantitative estimate of drug-likeness (QED) is 0.664. The Hall–Kier alpha value is 0.830. The SMILES string of the molecule is [CH2]CC(C)(C)N(C)C.[InH3]. The summed E-state index contributed by atoms with van der Waals surface area (Å²) in [6, 6.07) is 0. The van der Waals surface area contributed by atoms with Gasteiger partial charge in [0.25, 0.3) is 0 Å². The molecule has 0 N–H and O–H groups in total. The summed E-state index contributed by atoms with van der Waals surface area (Å²) in [4.78, 5) is 2.18. The van der Waals surface area contributed by atoms with Crippen molar-refractivity contribution in [3.63, 3.8) is 0 Å². The molecule has 0 spiro atoms. The van der Waals surface area contributed by atoms with Crippen molar-refractivity contribution in [2.24, 2.45) is 0 Å². The van der Waals surface area contributed by atoms with Crippen molar-refractivity contribution in [3.8, 4) is 0 Å². The van der Waals surface area contributed by atoms with E-state index < -0.39 is 0 Å². The normalized spacial score (nSPS) is 11.3. The average Bonchev–Trinajstić information content (AvgIpc) is 1.67. The Balaban J connectivity index is 0. The molecule has 0 bridgehead atoms. The third-order valence-electron chi connectivity index (χ3n) is 1.82. The number of hydrogen-bond acceptors (Lipinski definition) is 1. The summed E-state index contributed by atoms with van der Waals surface area (Å²) < 4.78 is 0. The van der Waals surface area contributed by atoms with Gasteiger partial charge in [0.05, 0.1) is 0 Å². The molecule has 0 aromatic heterocycles. The molecule has 0 aliphatic heterocycles. The monoisotopic (exact) mass is 232 g/mol. The van der Waals surface area contributed by atoms with E-state index >= 15 is 0 Å². The molecule has 0 rings (SSSR count). The molecule has 0 aromatic carbocycles. The van der Waals surface area contributed by atoms with Crippen molar-refractivity contribution in [1.82, 2.24) is 4.90 Å². The van der Waals surface area contributed by atoms with Gasteiger partial charge in [-0.05, 0) is 34.4 Å². The molecule has 0 fully saturated rings. The molecule has 1 radical (unpaired) electrons. The molecule has 2 heteroatoms. The molecule has 55 valence electrons. The van der Waals surface area contributed by atoms with E-state index in [1.807, 2.05) is 0 Å². The van der Waals surface area contributed by atoms with Crippen molar-refractivity contribution in [2.75, 3.05) is 14.1 Å². The van der Waals surface area contributed by atoms with E-state index in [4.69, 9.17) is 0 Å². The van der Waals surface area contributed by atoms with E-state index in [1.165, 1.54) is 0 Å². The Bertz CT molecular complexity index is 69.3. The second-order valence-corrected chi connectivity index (χ2v) is 2.96. The van der Waals surface area contributed by atoms with Crippen LogP contribution in [-0.2, 0) is 0 Å². The van der Waals surface area contributed by atoms with E-state index in [1.54, 1.807) is 0 Å². The Morgan fingerprint density at radius 1 is 1.33 bits per heavy atom. The van der Waals surface area contributed by atoms with Gasteiger partial charge in [0.15, 0.2) is 0 Å². The number of nitrogens with zero attached hydrogens (tertiary/aromatic N) is 1. The summed E-state index contributed by atoms with van der Waals surface area (Å²) in [6.07, 6.45) is 0.958. The summed E-state index contributed by atoms with van der Waals surface area (Å²) in [6.45, 7) is 8.20. The van der Waals surface area contributed by atoms with Crippen molar-refractivity contribution < 1.29 is 0 Å². The third-order valence-corrected chi connectivity index (χ3v) is 1.82. The van der Waals surface area contributed by atoms with E-state index in [0.717, 1.165) is 6.42 Å². The van der Waals surface area contributed by atoms with Crippen LogP contribution in [0.3, 0.4) is 0 Å². The van der Waals surface area contributed by atoms with Gasteiger partial charge in [-0.2, -0.15) is 0 Å². The molecular weight excluding hydrogens is 213 g/mol. The topological polar surface area (TPSA) is 3.24 Å². The van der Waals surface area contributed by atoms with Crippen molar-refractivity contribution >= 4 is 25.8 Å². The molecule has 0 saturated carbocycles. The van der Waals surface area contributed by atoms with Crippen LogP contribution < -0.4 is 0 Å². The van der Waals surface area contributed by atoms with Crippen molar-refractivity contribution in [3.05, 3.63) is 6.92 Å². The predicted octanol–water partition coefficient (Wildman–Crippen LogP) is 0.367. The van der Waals surface area contributed by atoms with Crippen LogP contribution in [0.15, 0.2) is 0 Å². The molecule has 0 unspecified atom stereocenters. The fraction of sp³-hybridized carbons (Fsp3) is 0.857. The number of rotatable bonds is 2. The molecule has 0 heterocycles. The van der Waals surface area contributed by atoms with Crippen LogP contribution in [0.4, 0.5) is 0 Å². The fourth-order valence-electron chi connectivity index (χ4n) is 0.224. The first-order valence-electron chi connectivity index (χ1n) is 2.97. The Kier molecular flexibility index (Phi) is 6.41. The second-order valence-electron chi connectivity index (χ2n) is 2.96. The molecule has 1 nitrogen and oxygen atoms in total. The molecule has 0 amide bonds. The molecule has 0 aliphatic rings. The van der Waals surface area contributed by atoms with Crippen LogP contribution >= 0.6 is 0 Å². The Morgan fingerprint density at radius 2 is 1.67 bits per heavy atom. The summed E-state index contributed by atoms with van der Waals surface area (Å²) in [5, 5.41) is 0. The van der Waals surface area contributed by atoms with Gasteiger partial charge >= 0.3 is 25.8 Å². The van der Waals surface area contributed by atoms with Gasteiger partial charge in [0.2, 0.25) is 0 Å². The van der Waals surface area contributed by atoms with Gasteiger partial charge in [-0.3, -0.25) is 0 Å². The maximum absolute atomic E-state index is 3.84. The van der Waals surface area contributed by atoms with Gasteiger partial charge in [-0.1, -0.05) is 6.92 Å². The zero-order chi connectivity index (χ0) is 6.78. The van der Waals surface area contributed by atoms with Gasteiger partial charge in [-0.25, -0.2) is 0 Å². The van der Waals surface area contributed by atoms with Crippen LogP contribution in [0, 0.1) is 6.92 Å². The van der Waals surface area contributed by atoms with Gasteiger partial charge in [0.1, 0.15) is 0 Å². The molecule has 0 aliphatic carbocycles. The van der Waals surface area contributed by atoms with Crippen LogP contribution in [0.1, 0.15) is 20.3 Å². The Labute approximate surface area is 77.6 Å². The number of hydrogen-bond donors (Lipinski definition) is 0. The minimum atomic E-state index is 0. The second kappa shape index (κ2) is 4.62. The maximum atomic E-state index is 3.84. The van der Waals surface area contributed by atoms with Crippen molar-refractivity contribution in [2.45, 2.75) is 25.8 Å². The van der Waals surface area contributed by atoms with Crippen LogP contribution in [0.2, 0.25) is 0 Å². The summed E-state index contributed by atoms with van der Waals surface area (Å²) in [5.74, 6) is 0. The van der Waals surface area contributed by atoms with Gasteiger partial charge in [-0.15, -0.1) is 0 Å². The predicted molar refractivity (Wildman–Crippen MR) is 47.7 cm³/mol. The zero-order valence-corrected chi connectivity index (χ0v) is 6.36. The van der Waals surface area contributed by atoms with Gasteiger partial charge in [0, 0.05) is 5.54 Å². The minimum absolute atomic E-state index is 0. The third kappa shape index (κ3) is 4.26. The zero-order valence-electron chi connectivity index (χ0n) is 6.36. The first-order valence-corrected chi connectivity index (χ1v) is 2.97. The van der Waals surface area contributed by atoms with E-state index in [-0.39, 0.29) is 31.4 Å². The van der Waals surface area contributed by atoms with Gasteiger partial charge < -0.3 is 4.90 Å².